The second kappa shape index (κ2) is 2.14. The molecule has 0 aromatic rings. The van der Waals surface area contributed by atoms with Crippen LogP contribution in [0.1, 0.15) is 0 Å². The lowest BCUT2D eigenvalue weighted by molar-refractivity contribution is 1.84. The predicted octanol–water partition coefficient (Wildman–Crippen LogP) is 2.59. The first kappa shape index (κ1) is 5.48. The normalized spacial score (nSPS) is 10.0. The molecular weight excluding hydrogens is 120 g/mol. The van der Waals surface area contributed by atoms with E-state index in [1.165, 1.54) is 11.1 Å². The van der Waals surface area contributed by atoms with Crippen molar-refractivity contribution in [2.45, 2.75) is 0 Å². The molecule has 0 saturated heterocycles. The van der Waals surface area contributed by atoms with E-state index in [9.17, 15) is 0 Å². The Bertz CT molecular complexity index is 271. The average molecular weight is 127 g/mol. The molecule has 47 valence electrons. The van der Waals surface area contributed by atoms with Crippen molar-refractivity contribution in [1.82, 2.24) is 0 Å². The first-order chi connectivity index (χ1) is 4.97. The van der Waals surface area contributed by atoms with Crippen LogP contribution < -0.4 is 0 Å². The highest BCUT2D eigenvalue weighted by Crippen LogP contribution is 2.19. The standard InChI is InChI=1S/C10H7/c1-2-5-9-7-4-8-10(9)6-3-1/h1-3,5-8H. The predicted molar refractivity (Wildman–Crippen MR) is 41.9 cm³/mol. The quantitative estimate of drug-likeness (QED) is 0.510. The molecule has 0 spiro atoms. The van der Waals surface area contributed by atoms with Crippen molar-refractivity contribution in [1.29, 1.82) is 0 Å². The highest BCUT2D eigenvalue weighted by atomic mass is 14.0. The highest BCUT2D eigenvalue weighted by molar-refractivity contribution is 5.64. The van der Waals surface area contributed by atoms with Gasteiger partial charge in [0.2, 0.25) is 0 Å². The number of rotatable bonds is 0. The Labute approximate surface area is 60.5 Å². The fourth-order valence-corrected chi connectivity index (χ4v) is 1.06. The van der Waals surface area contributed by atoms with Crippen LogP contribution in [0.4, 0.5) is 0 Å². The van der Waals surface area contributed by atoms with Gasteiger partial charge in [0.25, 0.3) is 0 Å². The maximum atomic E-state index is 3.05. The summed E-state index contributed by atoms with van der Waals surface area (Å²) in [6.45, 7) is 0. The molecule has 10 heavy (non-hydrogen) atoms. The van der Waals surface area contributed by atoms with Crippen molar-refractivity contribution in [2.24, 2.45) is 0 Å². The minimum atomic E-state index is 1.25. The molecule has 0 aliphatic heterocycles. The largest absolute Gasteiger partial charge is 0.0622 e. The summed E-state index contributed by atoms with van der Waals surface area (Å²) >= 11 is 0. The minimum absolute atomic E-state index is 1.25. The maximum Gasteiger partial charge on any atom is -0.0171 e. The second-order valence-electron chi connectivity index (χ2n) is 2.28. The molecule has 0 heterocycles. The molecule has 0 aromatic carbocycles. The fraction of sp³-hybridized carbons (Fsp3) is 0. The fourth-order valence-electron chi connectivity index (χ4n) is 1.06. The van der Waals surface area contributed by atoms with Gasteiger partial charge < -0.3 is 0 Å². The molecule has 0 heteroatoms. The lowest BCUT2D eigenvalue weighted by Gasteiger charge is -1.85. The summed E-state index contributed by atoms with van der Waals surface area (Å²) < 4.78 is 0. The summed E-state index contributed by atoms with van der Waals surface area (Å²) in [5.74, 6) is 0. The Kier molecular flexibility index (Phi) is 1.17. The number of fused-ring (bicyclic) bond motifs is 1. The van der Waals surface area contributed by atoms with Gasteiger partial charge in [-0.25, -0.2) is 0 Å². The van der Waals surface area contributed by atoms with E-state index in [1.807, 2.05) is 30.3 Å². The molecule has 0 bridgehead atoms. The number of hydrogen-bond acceptors (Lipinski definition) is 0. The summed E-state index contributed by atoms with van der Waals surface area (Å²) in [5.41, 5.74) is 2.51. The zero-order valence-corrected chi connectivity index (χ0v) is 5.54. The number of hydrogen-bond donors (Lipinski definition) is 0. The van der Waals surface area contributed by atoms with Gasteiger partial charge in [-0.2, -0.15) is 0 Å². The lowest BCUT2D eigenvalue weighted by atomic mass is 10.2. The smallest absolute Gasteiger partial charge is 0.0171 e. The molecule has 1 radical (unpaired) electrons. The zero-order valence-electron chi connectivity index (χ0n) is 5.54. The van der Waals surface area contributed by atoms with Crippen LogP contribution in [0.2, 0.25) is 0 Å². The SMILES string of the molecule is [c]1cc2cccccc-2c1. The Morgan fingerprint density at radius 1 is 0.800 bits per heavy atom. The van der Waals surface area contributed by atoms with Crippen molar-refractivity contribution >= 4 is 0 Å². The van der Waals surface area contributed by atoms with Crippen molar-refractivity contribution in [3.8, 4) is 11.1 Å². The summed E-state index contributed by atoms with van der Waals surface area (Å²) in [6, 6.07) is 17.3. The van der Waals surface area contributed by atoms with Gasteiger partial charge in [-0.05, 0) is 29.3 Å². The summed E-state index contributed by atoms with van der Waals surface area (Å²) in [4.78, 5) is 0. The van der Waals surface area contributed by atoms with Crippen LogP contribution in [0.25, 0.3) is 11.1 Å². The van der Waals surface area contributed by atoms with Gasteiger partial charge in [0.15, 0.2) is 0 Å². The van der Waals surface area contributed by atoms with Crippen LogP contribution in [0.15, 0.2) is 42.5 Å². The summed E-state index contributed by atoms with van der Waals surface area (Å²) in [5, 5.41) is 0. The molecule has 0 unspecified atom stereocenters. The van der Waals surface area contributed by atoms with Gasteiger partial charge in [-0.1, -0.05) is 30.3 Å². The second-order valence-corrected chi connectivity index (χ2v) is 2.28. The molecule has 0 saturated carbocycles. The molecule has 0 amide bonds. The van der Waals surface area contributed by atoms with Crippen LogP contribution in [0.3, 0.4) is 0 Å². The van der Waals surface area contributed by atoms with E-state index < -0.39 is 0 Å². The molecule has 0 nitrogen and oxygen atoms in total. The van der Waals surface area contributed by atoms with Gasteiger partial charge in [0.1, 0.15) is 0 Å². The van der Waals surface area contributed by atoms with Gasteiger partial charge in [-0.15, -0.1) is 0 Å². The van der Waals surface area contributed by atoms with E-state index >= 15 is 0 Å². The monoisotopic (exact) mass is 127 g/mol. The molecule has 0 fully saturated rings. The molecule has 2 rings (SSSR count). The summed E-state index contributed by atoms with van der Waals surface area (Å²) in [7, 11) is 0. The first-order valence-corrected chi connectivity index (χ1v) is 3.32. The van der Waals surface area contributed by atoms with E-state index in [1.54, 1.807) is 0 Å². The maximum absolute atomic E-state index is 3.05. The van der Waals surface area contributed by atoms with E-state index in [4.69, 9.17) is 0 Å². The van der Waals surface area contributed by atoms with Crippen molar-refractivity contribution < 1.29 is 0 Å². The molecular formula is C10H7. The molecule has 0 N–H and O–H groups in total. The van der Waals surface area contributed by atoms with Crippen LogP contribution in [-0.4, -0.2) is 0 Å². The van der Waals surface area contributed by atoms with Crippen LogP contribution >= 0.6 is 0 Å². The van der Waals surface area contributed by atoms with Crippen LogP contribution in [0, 0.1) is 6.07 Å². The third kappa shape index (κ3) is 0.781. The zero-order chi connectivity index (χ0) is 6.81. The Morgan fingerprint density at radius 3 is 2.00 bits per heavy atom. The van der Waals surface area contributed by atoms with Gasteiger partial charge in [0, 0.05) is 0 Å². The van der Waals surface area contributed by atoms with Gasteiger partial charge >= 0.3 is 0 Å². The lowest BCUT2D eigenvalue weighted by Crippen LogP contribution is -1.59. The van der Waals surface area contributed by atoms with Gasteiger partial charge in [-0.3, -0.25) is 0 Å². The topological polar surface area (TPSA) is 0 Å². The van der Waals surface area contributed by atoms with Crippen molar-refractivity contribution in [3.05, 3.63) is 48.5 Å². The molecule has 2 aliphatic rings. The van der Waals surface area contributed by atoms with E-state index in [-0.39, 0.29) is 0 Å². The van der Waals surface area contributed by atoms with E-state index in [2.05, 4.69) is 18.2 Å². The average Bonchev–Trinajstić information content (AvgIpc) is 2.28. The molecule has 2 aliphatic carbocycles. The van der Waals surface area contributed by atoms with Crippen molar-refractivity contribution in [2.75, 3.05) is 0 Å². The molecule has 0 atom stereocenters. The Morgan fingerprint density at radius 2 is 1.40 bits per heavy atom. The third-order valence-electron chi connectivity index (χ3n) is 1.58. The third-order valence-corrected chi connectivity index (χ3v) is 1.58. The first-order valence-electron chi connectivity index (χ1n) is 3.32. The Hall–Kier alpha value is -1.30. The highest BCUT2D eigenvalue weighted by Gasteiger charge is 1.94. The summed E-state index contributed by atoms with van der Waals surface area (Å²) in [6.07, 6.45) is 0. The van der Waals surface area contributed by atoms with Crippen LogP contribution in [-0.2, 0) is 0 Å². The Balaban J connectivity index is 2.74. The van der Waals surface area contributed by atoms with Crippen molar-refractivity contribution in [3.63, 3.8) is 0 Å². The minimum Gasteiger partial charge on any atom is -0.0622 e. The van der Waals surface area contributed by atoms with Gasteiger partial charge in [0.05, 0.1) is 0 Å². The molecule has 0 aromatic heterocycles. The van der Waals surface area contributed by atoms with E-state index in [0.29, 0.717) is 0 Å². The van der Waals surface area contributed by atoms with Crippen LogP contribution in [0.5, 0.6) is 0 Å². The van der Waals surface area contributed by atoms with E-state index in [0.717, 1.165) is 0 Å².